The molecule has 0 bridgehead atoms. The molecule has 0 spiro atoms. The van der Waals surface area contributed by atoms with Gasteiger partial charge in [0.15, 0.2) is 0 Å². The van der Waals surface area contributed by atoms with E-state index in [9.17, 15) is 4.79 Å². The molecule has 1 saturated heterocycles. The van der Waals surface area contributed by atoms with Crippen LogP contribution in [0.2, 0.25) is 0 Å². The van der Waals surface area contributed by atoms with Crippen molar-refractivity contribution in [3.05, 3.63) is 30.1 Å². The average Bonchev–Trinajstić information content (AvgIpc) is 2.83. The van der Waals surface area contributed by atoms with Gasteiger partial charge >= 0.3 is 6.03 Å². The summed E-state index contributed by atoms with van der Waals surface area (Å²) in [7, 11) is 0. The van der Waals surface area contributed by atoms with Crippen LogP contribution in [0.25, 0.3) is 11.0 Å². The summed E-state index contributed by atoms with van der Waals surface area (Å²) in [6, 6.07) is 8.18. The lowest BCUT2D eigenvalue weighted by Gasteiger charge is -2.31. The lowest BCUT2D eigenvalue weighted by atomic mass is 10.0. The number of aryl methyl sites for hydroxylation is 1. The molecule has 1 fully saturated rings. The number of aromatic nitrogens is 2. The summed E-state index contributed by atoms with van der Waals surface area (Å²) in [4.78, 5) is 18.7. The van der Waals surface area contributed by atoms with Gasteiger partial charge in [-0.1, -0.05) is 19.1 Å². The van der Waals surface area contributed by atoms with Crippen LogP contribution in [-0.2, 0) is 6.54 Å². The topological polar surface area (TPSA) is 50.2 Å². The van der Waals surface area contributed by atoms with Crippen LogP contribution in [-0.4, -0.2) is 40.1 Å². The summed E-state index contributed by atoms with van der Waals surface area (Å²) in [5, 5.41) is 3.04. The van der Waals surface area contributed by atoms with Crippen molar-refractivity contribution in [1.82, 2.24) is 19.8 Å². The number of fused-ring (bicyclic) bond motifs is 1. The number of hydrogen-bond acceptors (Lipinski definition) is 2. The molecule has 5 nitrogen and oxygen atoms in total. The number of hydrogen-bond donors (Lipinski definition) is 1. The lowest BCUT2D eigenvalue weighted by molar-refractivity contribution is 0.169. The number of urea groups is 1. The van der Waals surface area contributed by atoms with Gasteiger partial charge in [-0.15, -0.1) is 0 Å². The van der Waals surface area contributed by atoms with E-state index in [1.807, 2.05) is 30.0 Å². The van der Waals surface area contributed by atoms with Gasteiger partial charge in [-0.3, -0.25) is 0 Å². The summed E-state index contributed by atoms with van der Waals surface area (Å²) in [5.74, 6) is 1.60. The third-order valence-electron chi connectivity index (χ3n) is 4.40. The SMILES string of the molecule is Cc1nc2ccccc2n1CCNC(=O)N1CCCC(C)C1. The Kier molecular flexibility index (Phi) is 4.32. The summed E-state index contributed by atoms with van der Waals surface area (Å²) < 4.78 is 2.16. The van der Waals surface area contributed by atoms with Crippen molar-refractivity contribution in [1.29, 1.82) is 0 Å². The maximum absolute atomic E-state index is 12.2. The minimum absolute atomic E-state index is 0.0635. The number of carbonyl (C=O) groups is 1. The number of imidazole rings is 1. The molecule has 118 valence electrons. The largest absolute Gasteiger partial charge is 0.336 e. The molecular formula is C17H24N4O. The van der Waals surface area contributed by atoms with Gasteiger partial charge in [0.2, 0.25) is 0 Å². The Labute approximate surface area is 131 Å². The monoisotopic (exact) mass is 300 g/mol. The van der Waals surface area contributed by atoms with Gasteiger partial charge in [-0.2, -0.15) is 0 Å². The maximum Gasteiger partial charge on any atom is 0.317 e. The number of carbonyl (C=O) groups excluding carboxylic acids is 1. The number of rotatable bonds is 3. The molecule has 0 saturated carbocycles. The number of benzene rings is 1. The van der Waals surface area contributed by atoms with Crippen LogP contribution in [0, 0.1) is 12.8 Å². The molecule has 0 radical (unpaired) electrons. The van der Waals surface area contributed by atoms with E-state index in [0.29, 0.717) is 12.5 Å². The van der Waals surface area contributed by atoms with E-state index in [4.69, 9.17) is 0 Å². The third kappa shape index (κ3) is 3.08. The fraction of sp³-hybridized carbons (Fsp3) is 0.529. The zero-order valence-electron chi connectivity index (χ0n) is 13.4. The molecular weight excluding hydrogens is 276 g/mol. The number of nitrogens with one attached hydrogen (secondary N) is 1. The molecule has 2 amide bonds. The molecule has 1 unspecified atom stereocenters. The summed E-state index contributed by atoms with van der Waals surface area (Å²) in [6.07, 6.45) is 2.34. The van der Waals surface area contributed by atoms with E-state index >= 15 is 0 Å². The highest BCUT2D eigenvalue weighted by Crippen LogP contribution is 2.16. The van der Waals surface area contributed by atoms with Gasteiger partial charge in [0.05, 0.1) is 11.0 Å². The van der Waals surface area contributed by atoms with Crippen molar-refractivity contribution in [3.8, 4) is 0 Å². The molecule has 2 heterocycles. The zero-order valence-corrected chi connectivity index (χ0v) is 13.4. The van der Waals surface area contributed by atoms with Crippen molar-refractivity contribution < 1.29 is 4.79 Å². The molecule has 22 heavy (non-hydrogen) atoms. The summed E-state index contributed by atoms with van der Waals surface area (Å²) in [5.41, 5.74) is 2.14. The number of piperidine rings is 1. The highest BCUT2D eigenvalue weighted by molar-refractivity contribution is 5.76. The number of likely N-dealkylation sites (tertiary alicyclic amines) is 1. The van der Waals surface area contributed by atoms with Crippen LogP contribution in [0.1, 0.15) is 25.6 Å². The third-order valence-corrected chi connectivity index (χ3v) is 4.40. The number of para-hydroxylation sites is 2. The first-order valence-corrected chi connectivity index (χ1v) is 8.10. The smallest absolute Gasteiger partial charge is 0.317 e. The van der Waals surface area contributed by atoms with Gasteiger partial charge in [0.25, 0.3) is 0 Å². The van der Waals surface area contributed by atoms with Crippen molar-refractivity contribution in [2.45, 2.75) is 33.2 Å². The molecule has 2 aromatic rings. The Hall–Kier alpha value is -2.04. The molecule has 1 aromatic carbocycles. The minimum Gasteiger partial charge on any atom is -0.336 e. The highest BCUT2D eigenvalue weighted by atomic mass is 16.2. The van der Waals surface area contributed by atoms with E-state index < -0.39 is 0 Å². The second-order valence-corrected chi connectivity index (χ2v) is 6.22. The zero-order chi connectivity index (χ0) is 15.5. The van der Waals surface area contributed by atoms with Gasteiger partial charge in [0, 0.05) is 26.2 Å². The Balaban J connectivity index is 1.58. The maximum atomic E-state index is 12.2. The quantitative estimate of drug-likeness (QED) is 0.947. The first kappa shape index (κ1) is 14.9. The van der Waals surface area contributed by atoms with Crippen molar-refractivity contribution in [2.24, 2.45) is 5.92 Å². The summed E-state index contributed by atoms with van der Waals surface area (Å²) in [6.45, 7) is 7.35. The van der Waals surface area contributed by atoms with Gasteiger partial charge in [-0.25, -0.2) is 9.78 Å². The number of amides is 2. The Bertz CT molecular complexity index is 664. The summed E-state index contributed by atoms with van der Waals surface area (Å²) >= 11 is 0. The van der Waals surface area contributed by atoms with Crippen LogP contribution in [0.3, 0.4) is 0 Å². The fourth-order valence-corrected chi connectivity index (χ4v) is 3.24. The van der Waals surface area contributed by atoms with Crippen LogP contribution < -0.4 is 5.32 Å². The Morgan fingerprint density at radius 1 is 1.41 bits per heavy atom. The van der Waals surface area contributed by atoms with Crippen LogP contribution in [0.4, 0.5) is 4.79 Å². The molecule has 5 heteroatoms. The average molecular weight is 300 g/mol. The second-order valence-electron chi connectivity index (χ2n) is 6.22. The van der Waals surface area contributed by atoms with Crippen molar-refractivity contribution in [2.75, 3.05) is 19.6 Å². The van der Waals surface area contributed by atoms with E-state index in [-0.39, 0.29) is 6.03 Å². The predicted octanol–water partition coefficient (Wildman–Crippen LogP) is 2.79. The van der Waals surface area contributed by atoms with Gasteiger partial charge < -0.3 is 14.8 Å². The van der Waals surface area contributed by atoms with Crippen LogP contribution in [0.5, 0.6) is 0 Å². The standard InChI is InChI=1S/C17H24N4O/c1-13-6-5-10-20(12-13)17(22)18-9-11-21-14(2)19-15-7-3-4-8-16(15)21/h3-4,7-8,13H,5-6,9-12H2,1-2H3,(H,18,22). The normalized spacial score (nSPS) is 18.6. The molecule has 3 rings (SSSR count). The second kappa shape index (κ2) is 6.38. The minimum atomic E-state index is 0.0635. The fourth-order valence-electron chi connectivity index (χ4n) is 3.24. The van der Waals surface area contributed by atoms with E-state index in [0.717, 1.165) is 42.9 Å². The molecule has 1 aliphatic heterocycles. The molecule has 1 aromatic heterocycles. The van der Waals surface area contributed by atoms with Crippen molar-refractivity contribution >= 4 is 17.1 Å². The van der Waals surface area contributed by atoms with Crippen molar-refractivity contribution in [3.63, 3.8) is 0 Å². The Morgan fingerprint density at radius 3 is 3.05 bits per heavy atom. The van der Waals surface area contributed by atoms with Crippen LogP contribution >= 0.6 is 0 Å². The molecule has 1 atom stereocenters. The predicted molar refractivity (Wildman–Crippen MR) is 87.8 cm³/mol. The number of nitrogens with zero attached hydrogens (tertiary/aromatic N) is 3. The molecule has 0 aliphatic carbocycles. The van der Waals surface area contributed by atoms with E-state index in [1.165, 1.54) is 6.42 Å². The van der Waals surface area contributed by atoms with E-state index in [1.54, 1.807) is 0 Å². The Morgan fingerprint density at radius 2 is 2.23 bits per heavy atom. The first-order chi connectivity index (χ1) is 10.6. The molecule has 1 aliphatic rings. The van der Waals surface area contributed by atoms with E-state index in [2.05, 4.69) is 27.9 Å². The van der Waals surface area contributed by atoms with Gasteiger partial charge in [0.1, 0.15) is 5.82 Å². The molecule has 1 N–H and O–H groups in total. The van der Waals surface area contributed by atoms with Crippen LogP contribution in [0.15, 0.2) is 24.3 Å². The highest BCUT2D eigenvalue weighted by Gasteiger charge is 2.20. The van der Waals surface area contributed by atoms with Gasteiger partial charge in [-0.05, 0) is 37.8 Å². The lowest BCUT2D eigenvalue weighted by Crippen LogP contribution is -2.45. The first-order valence-electron chi connectivity index (χ1n) is 8.10.